The molecule has 302 valence electrons. The van der Waals surface area contributed by atoms with Gasteiger partial charge in [0.25, 0.3) is 5.91 Å². The summed E-state index contributed by atoms with van der Waals surface area (Å²) in [6.45, 7) is 7.44. The maximum atomic E-state index is 13.4. The summed E-state index contributed by atoms with van der Waals surface area (Å²) in [5, 5.41) is 10.8. The van der Waals surface area contributed by atoms with Crippen molar-refractivity contribution in [3.63, 3.8) is 0 Å². The standard InChI is InChI=1S/C44H51N9O5/c45-41(56)39-40(31-6-12-35(13-7-31)58-34-4-2-1-3-5-34)48-53-36(14-21-46-42(39)53)30-15-23-51(24-16-30)38(55)18-22-49-28-44(29-49)19-26-50(27-20-44)32-8-10-33(11-9-32)52-25-17-37(54)47-43(52)57/h1-13,30,36,46H,14-29H2,(H2,45,56)(H,47,54,57)/t36-/m0/s1. The van der Waals surface area contributed by atoms with Gasteiger partial charge < -0.3 is 30.5 Å². The molecule has 14 nitrogen and oxygen atoms in total. The van der Waals surface area contributed by atoms with Crippen LogP contribution in [-0.4, -0.2) is 102 Å². The number of anilines is 3. The summed E-state index contributed by atoms with van der Waals surface area (Å²) >= 11 is 0. The Hall–Kier alpha value is -5.89. The first-order valence-corrected chi connectivity index (χ1v) is 20.7. The zero-order valence-electron chi connectivity index (χ0n) is 32.8. The molecular formula is C44H51N9O5. The largest absolute Gasteiger partial charge is 0.457 e. The van der Waals surface area contributed by atoms with E-state index in [1.807, 2.05) is 76.3 Å². The van der Waals surface area contributed by atoms with Crippen LogP contribution in [0.2, 0.25) is 0 Å². The molecule has 3 aromatic carbocycles. The Morgan fingerprint density at radius 3 is 2.21 bits per heavy atom. The van der Waals surface area contributed by atoms with E-state index in [-0.39, 0.29) is 23.9 Å². The molecule has 5 amide bonds. The molecule has 9 rings (SSSR count). The number of amides is 5. The van der Waals surface area contributed by atoms with Crippen LogP contribution < -0.4 is 30.9 Å². The number of nitrogens with two attached hydrogens (primary N) is 1. The molecule has 5 aliphatic heterocycles. The monoisotopic (exact) mass is 785 g/mol. The van der Waals surface area contributed by atoms with Gasteiger partial charge in [0, 0.05) is 88.7 Å². The number of likely N-dealkylation sites (tertiary alicyclic amines) is 2. The van der Waals surface area contributed by atoms with E-state index in [1.54, 1.807) is 4.90 Å². The van der Waals surface area contributed by atoms with Crippen LogP contribution in [0.4, 0.5) is 22.0 Å². The Morgan fingerprint density at radius 2 is 1.52 bits per heavy atom. The molecule has 4 aromatic rings. The van der Waals surface area contributed by atoms with Crippen LogP contribution in [0.25, 0.3) is 11.3 Å². The van der Waals surface area contributed by atoms with Crippen molar-refractivity contribution in [1.82, 2.24) is 24.9 Å². The van der Waals surface area contributed by atoms with E-state index in [2.05, 4.69) is 32.6 Å². The normalized spacial score (nSPS) is 20.9. The molecule has 4 fully saturated rings. The van der Waals surface area contributed by atoms with Gasteiger partial charge in [-0.3, -0.25) is 24.6 Å². The van der Waals surface area contributed by atoms with Crippen molar-refractivity contribution in [2.24, 2.45) is 17.1 Å². The van der Waals surface area contributed by atoms with Crippen LogP contribution >= 0.6 is 0 Å². The highest BCUT2D eigenvalue weighted by atomic mass is 16.5. The van der Waals surface area contributed by atoms with E-state index in [4.69, 9.17) is 15.6 Å². The molecule has 1 spiro atoms. The number of primary amides is 1. The fourth-order valence-electron chi connectivity index (χ4n) is 9.70. The van der Waals surface area contributed by atoms with E-state index in [0.29, 0.717) is 53.5 Å². The number of hydrogen-bond donors (Lipinski definition) is 3. The molecule has 4 N–H and O–H groups in total. The van der Waals surface area contributed by atoms with Gasteiger partial charge in [0.1, 0.15) is 28.6 Å². The van der Waals surface area contributed by atoms with Gasteiger partial charge in [0.2, 0.25) is 11.8 Å². The Kier molecular flexibility index (Phi) is 10.3. The molecule has 5 aliphatic rings. The van der Waals surface area contributed by atoms with Crippen LogP contribution in [-0.2, 0) is 9.59 Å². The molecule has 0 radical (unpaired) electrons. The number of imide groups is 1. The zero-order chi connectivity index (χ0) is 39.8. The SMILES string of the molecule is NC(=O)c1c(-c2ccc(Oc3ccccc3)cc2)nn2c1NCC[C@H]2C1CCN(C(=O)CCN2CC3(CCN(c4ccc(N5CCC(=O)NC5=O)cc4)CC3)C2)CC1. The maximum Gasteiger partial charge on any atom is 0.328 e. The lowest BCUT2D eigenvalue weighted by molar-refractivity contribution is -0.134. The second kappa shape index (κ2) is 15.8. The van der Waals surface area contributed by atoms with E-state index in [9.17, 15) is 19.2 Å². The van der Waals surface area contributed by atoms with Crippen molar-refractivity contribution >= 4 is 40.9 Å². The minimum absolute atomic E-state index is 0.111. The number of hydrogen-bond acceptors (Lipinski definition) is 9. The van der Waals surface area contributed by atoms with Crippen molar-refractivity contribution in [2.75, 3.05) is 74.0 Å². The highest BCUT2D eigenvalue weighted by Crippen LogP contribution is 2.43. The third-order valence-corrected chi connectivity index (χ3v) is 12.9. The molecule has 1 aromatic heterocycles. The van der Waals surface area contributed by atoms with E-state index in [1.165, 1.54) is 0 Å². The lowest BCUT2D eigenvalue weighted by atomic mass is 9.72. The van der Waals surface area contributed by atoms with Crippen molar-refractivity contribution < 1.29 is 23.9 Å². The number of nitrogens with one attached hydrogen (secondary N) is 2. The van der Waals surface area contributed by atoms with Crippen LogP contribution in [0.15, 0.2) is 78.9 Å². The van der Waals surface area contributed by atoms with Crippen molar-refractivity contribution in [2.45, 2.75) is 51.0 Å². The first-order chi connectivity index (χ1) is 28.2. The predicted molar refractivity (Wildman–Crippen MR) is 221 cm³/mol. The fraction of sp³-hybridized carbons (Fsp3) is 0.432. The summed E-state index contributed by atoms with van der Waals surface area (Å²) in [6.07, 6.45) is 5.77. The third kappa shape index (κ3) is 7.60. The predicted octanol–water partition coefficient (Wildman–Crippen LogP) is 5.48. The molecule has 6 heterocycles. The summed E-state index contributed by atoms with van der Waals surface area (Å²) in [4.78, 5) is 58.5. The van der Waals surface area contributed by atoms with E-state index >= 15 is 0 Å². The van der Waals surface area contributed by atoms with E-state index < -0.39 is 5.91 Å². The number of carbonyl (C=O) groups is 4. The number of benzene rings is 3. The molecule has 4 saturated heterocycles. The van der Waals surface area contributed by atoms with E-state index in [0.717, 1.165) is 107 Å². The summed E-state index contributed by atoms with van der Waals surface area (Å²) in [5.74, 6) is 1.94. The molecule has 58 heavy (non-hydrogen) atoms. The van der Waals surface area contributed by atoms with Crippen molar-refractivity contribution in [1.29, 1.82) is 0 Å². The number of para-hydroxylation sites is 1. The number of rotatable bonds is 10. The number of piperidine rings is 2. The summed E-state index contributed by atoms with van der Waals surface area (Å²) in [7, 11) is 0. The second-order valence-electron chi connectivity index (χ2n) is 16.5. The number of urea groups is 1. The fourth-order valence-corrected chi connectivity index (χ4v) is 9.70. The van der Waals surface area contributed by atoms with Gasteiger partial charge in [-0.15, -0.1) is 0 Å². The highest BCUT2D eigenvalue weighted by Gasteiger charge is 2.45. The average molecular weight is 786 g/mol. The quantitative estimate of drug-likeness (QED) is 0.190. The number of carbonyl (C=O) groups excluding carboxylic acids is 4. The van der Waals surface area contributed by atoms with Crippen LogP contribution in [0.5, 0.6) is 11.5 Å². The molecule has 1 atom stereocenters. The van der Waals surface area contributed by atoms with Gasteiger partial charge in [0.15, 0.2) is 0 Å². The molecule has 0 unspecified atom stereocenters. The Bertz CT molecular complexity index is 2150. The van der Waals surface area contributed by atoms with Gasteiger partial charge in [-0.1, -0.05) is 18.2 Å². The van der Waals surface area contributed by atoms with Gasteiger partial charge in [-0.2, -0.15) is 5.10 Å². The minimum Gasteiger partial charge on any atom is -0.457 e. The highest BCUT2D eigenvalue weighted by molar-refractivity contribution is 6.05. The maximum absolute atomic E-state index is 13.4. The van der Waals surface area contributed by atoms with Crippen molar-refractivity contribution in [3.8, 4) is 22.8 Å². The zero-order valence-corrected chi connectivity index (χ0v) is 32.8. The second-order valence-corrected chi connectivity index (χ2v) is 16.5. The summed E-state index contributed by atoms with van der Waals surface area (Å²) in [6, 6.07) is 25.0. The molecule has 0 aliphatic carbocycles. The first kappa shape index (κ1) is 37.7. The Balaban J connectivity index is 0.739. The lowest BCUT2D eigenvalue weighted by Crippen LogP contribution is -2.60. The third-order valence-electron chi connectivity index (χ3n) is 12.9. The van der Waals surface area contributed by atoms with Crippen LogP contribution in [0.1, 0.15) is 61.3 Å². The minimum atomic E-state index is -0.512. The van der Waals surface area contributed by atoms with Crippen LogP contribution in [0.3, 0.4) is 0 Å². The lowest BCUT2D eigenvalue weighted by Gasteiger charge is -2.54. The topological polar surface area (TPSA) is 158 Å². The summed E-state index contributed by atoms with van der Waals surface area (Å²) in [5.41, 5.74) is 10.0. The smallest absolute Gasteiger partial charge is 0.328 e. The number of nitrogens with zero attached hydrogens (tertiary/aromatic N) is 6. The molecule has 0 saturated carbocycles. The molecule has 14 heteroatoms. The summed E-state index contributed by atoms with van der Waals surface area (Å²) < 4.78 is 7.95. The Labute approximate surface area is 338 Å². The van der Waals surface area contributed by atoms with Gasteiger partial charge in [-0.05, 0) is 104 Å². The first-order valence-electron chi connectivity index (χ1n) is 20.7. The van der Waals surface area contributed by atoms with Crippen LogP contribution in [0, 0.1) is 11.3 Å². The number of fused-ring (bicyclic) bond motifs is 1. The van der Waals surface area contributed by atoms with Gasteiger partial charge in [-0.25, -0.2) is 9.48 Å². The molecule has 0 bridgehead atoms. The molecular weight excluding hydrogens is 735 g/mol. The Morgan fingerprint density at radius 1 is 0.828 bits per heavy atom. The number of aromatic nitrogens is 2. The van der Waals surface area contributed by atoms with Gasteiger partial charge >= 0.3 is 6.03 Å². The van der Waals surface area contributed by atoms with Gasteiger partial charge in [0.05, 0.1) is 6.04 Å². The average Bonchev–Trinajstić information content (AvgIpc) is 3.64. The number of ether oxygens (including phenoxy) is 1. The van der Waals surface area contributed by atoms with Crippen molar-refractivity contribution in [3.05, 3.63) is 84.4 Å².